The molecule has 0 aromatic heterocycles. The summed E-state index contributed by atoms with van der Waals surface area (Å²) >= 11 is 6.25. The molecule has 0 heterocycles. The van der Waals surface area contributed by atoms with Crippen molar-refractivity contribution >= 4 is 11.6 Å². The fraction of sp³-hybridized carbons (Fsp3) is 0.250. The summed E-state index contributed by atoms with van der Waals surface area (Å²) in [6.07, 6.45) is -2.02. The van der Waals surface area contributed by atoms with E-state index in [4.69, 9.17) is 11.6 Å². The molecule has 0 saturated carbocycles. The standard InChI is InChI=1S/C16H17ClO2/c1-10-8-9-13(14(17)11(10)2)16(19)15(18)12-6-4-3-5-7-12/h3-9,15-16,18-19H,1-2H3. The second-order valence-electron chi connectivity index (χ2n) is 4.71. The molecule has 0 aliphatic rings. The zero-order valence-corrected chi connectivity index (χ0v) is 11.7. The van der Waals surface area contributed by atoms with Gasteiger partial charge in [0.2, 0.25) is 0 Å². The molecular weight excluding hydrogens is 260 g/mol. The maximum Gasteiger partial charge on any atom is 0.110 e. The number of aliphatic hydroxyl groups is 2. The molecule has 19 heavy (non-hydrogen) atoms. The lowest BCUT2D eigenvalue weighted by Gasteiger charge is -2.21. The van der Waals surface area contributed by atoms with Crippen LogP contribution in [-0.4, -0.2) is 10.2 Å². The van der Waals surface area contributed by atoms with Crippen LogP contribution in [0.2, 0.25) is 5.02 Å². The number of aryl methyl sites for hydroxylation is 1. The van der Waals surface area contributed by atoms with Crippen molar-refractivity contribution in [2.75, 3.05) is 0 Å². The van der Waals surface area contributed by atoms with Gasteiger partial charge in [0.15, 0.2) is 0 Å². The third kappa shape index (κ3) is 2.81. The quantitative estimate of drug-likeness (QED) is 0.897. The van der Waals surface area contributed by atoms with Crippen molar-refractivity contribution in [3.63, 3.8) is 0 Å². The normalized spacial score (nSPS) is 14.2. The van der Waals surface area contributed by atoms with Gasteiger partial charge in [0.05, 0.1) is 0 Å². The van der Waals surface area contributed by atoms with Gasteiger partial charge in [0, 0.05) is 10.6 Å². The Morgan fingerprint density at radius 2 is 1.53 bits per heavy atom. The largest absolute Gasteiger partial charge is 0.385 e. The minimum absolute atomic E-state index is 0.516. The van der Waals surface area contributed by atoms with Crippen LogP contribution in [0.15, 0.2) is 42.5 Å². The minimum Gasteiger partial charge on any atom is -0.385 e. The van der Waals surface area contributed by atoms with E-state index >= 15 is 0 Å². The molecule has 0 radical (unpaired) electrons. The Bertz CT molecular complexity index is 566. The lowest BCUT2D eigenvalue weighted by Crippen LogP contribution is -2.11. The summed E-state index contributed by atoms with van der Waals surface area (Å²) in [4.78, 5) is 0. The molecule has 2 unspecified atom stereocenters. The van der Waals surface area contributed by atoms with Crippen LogP contribution in [-0.2, 0) is 0 Å². The average Bonchev–Trinajstić information content (AvgIpc) is 2.44. The third-order valence-electron chi connectivity index (χ3n) is 3.45. The predicted molar refractivity (Wildman–Crippen MR) is 77.3 cm³/mol. The van der Waals surface area contributed by atoms with Gasteiger partial charge < -0.3 is 10.2 Å². The molecule has 2 N–H and O–H groups in total. The van der Waals surface area contributed by atoms with Crippen LogP contribution in [0.1, 0.15) is 34.5 Å². The van der Waals surface area contributed by atoms with E-state index < -0.39 is 12.2 Å². The topological polar surface area (TPSA) is 40.5 Å². The molecule has 100 valence electrons. The van der Waals surface area contributed by atoms with Crippen LogP contribution in [0.4, 0.5) is 0 Å². The Kier molecular flexibility index (Phi) is 4.25. The van der Waals surface area contributed by atoms with Gasteiger partial charge in [-0.05, 0) is 30.5 Å². The van der Waals surface area contributed by atoms with Crippen molar-refractivity contribution in [2.45, 2.75) is 26.1 Å². The highest BCUT2D eigenvalue weighted by Crippen LogP contribution is 2.35. The second kappa shape index (κ2) is 5.74. The molecule has 2 nitrogen and oxygen atoms in total. The van der Waals surface area contributed by atoms with Crippen molar-refractivity contribution in [2.24, 2.45) is 0 Å². The van der Waals surface area contributed by atoms with E-state index in [9.17, 15) is 10.2 Å². The fourth-order valence-corrected chi connectivity index (χ4v) is 2.36. The first-order valence-electron chi connectivity index (χ1n) is 6.19. The number of rotatable bonds is 3. The van der Waals surface area contributed by atoms with Gasteiger partial charge >= 0.3 is 0 Å². The number of halogens is 1. The van der Waals surface area contributed by atoms with Crippen LogP contribution in [0, 0.1) is 13.8 Å². The minimum atomic E-state index is -1.03. The molecule has 2 rings (SSSR count). The molecule has 0 spiro atoms. The van der Waals surface area contributed by atoms with Gasteiger partial charge in [0.1, 0.15) is 12.2 Å². The second-order valence-corrected chi connectivity index (χ2v) is 5.09. The summed E-state index contributed by atoms with van der Waals surface area (Å²) in [5.74, 6) is 0. The highest BCUT2D eigenvalue weighted by Gasteiger charge is 2.23. The van der Waals surface area contributed by atoms with E-state index in [1.807, 2.05) is 38.1 Å². The van der Waals surface area contributed by atoms with Crippen molar-refractivity contribution in [3.05, 3.63) is 69.7 Å². The molecule has 0 bridgehead atoms. The highest BCUT2D eigenvalue weighted by molar-refractivity contribution is 6.32. The van der Waals surface area contributed by atoms with Crippen LogP contribution >= 0.6 is 11.6 Å². The molecule has 3 heteroatoms. The Morgan fingerprint density at radius 3 is 2.16 bits per heavy atom. The molecule has 0 aliphatic carbocycles. The Morgan fingerprint density at radius 1 is 0.895 bits per heavy atom. The van der Waals surface area contributed by atoms with Crippen LogP contribution in [0.5, 0.6) is 0 Å². The van der Waals surface area contributed by atoms with E-state index in [2.05, 4.69) is 0 Å². The van der Waals surface area contributed by atoms with E-state index in [1.165, 1.54) is 0 Å². The van der Waals surface area contributed by atoms with Gasteiger partial charge in [-0.2, -0.15) is 0 Å². The molecule has 0 fully saturated rings. The number of benzene rings is 2. The van der Waals surface area contributed by atoms with E-state index in [0.29, 0.717) is 16.1 Å². The summed E-state index contributed by atoms with van der Waals surface area (Å²) in [5, 5.41) is 21.0. The summed E-state index contributed by atoms with van der Waals surface area (Å²) in [6, 6.07) is 12.7. The van der Waals surface area contributed by atoms with Crippen molar-refractivity contribution in [1.29, 1.82) is 0 Å². The molecule has 2 aromatic rings. The first-order chi connectivity index (χ1) is 9.02. The molecule has 2 aromatic carbocycles. The van der Waals surface area contributed by atoms with E-state index in [-0.39, 0.29) is 0 Å². The maximum absolute atomic E-state index is 10.3. The zero-order valence-electron chi connectivity index (χ0n) is 11.0. The summed E-state index contributed by atoms with van der Waals surface area (Å²) < 4.78 is 0. The molecule has 0 aliphatic heterocycles. The van der Waals surface area contributed by atoms with E-state index in [0.717, 1.165) is 11.1 Å². The van der Waals surface area contributed by atoms with Gasteiger partial charge in [-0.1, -0.05) is 54.1 Å². The smallest absolute Gasteiger partial charge is 0.110 e. The number of hydrogen-bond acceptors (Lipinski definition) is 2. The highest BCUT2D eigenvalue weighted by atomic mass is 35.5. The molecule has 2 atom stereocenters. The predicted octanol–water partition coefficient (Wildman–Crippen LogP) is 3.72. The lowest BCUT2D eigenvalue weighted by atomic mass is 9.95. The summed E-state index contributed by atoms with van der Waals surface area (Å²) in [6.45, 7) is 3.87. The van der Waals surface area contributed by atoms with Crippen molar-refractivity contribution in [3.8, 4) is 0 Å². The zero-order chi connectivity index (χ0) is 14.0. The van der Waals surface area contributed by atoms with Gasteiger partial charge in [0.25, 0.3) is 0 Å². The number of aliphatic hydroxyl groups excluding tert-OH is 2. The molecule has 0 amide bonds. The van der Waals surface area contributed by atoms with Crippen molar-refractivity contribution < 1.29 is 10.2 Å². The molecular formula is C16H17ClO2. The fourth-order valence-electron chi connectivity index (χ4n) is 2.03. The monoisotopic (exact) mass is 276 g/mol. The van der Waals surface area contributed by atoms with Crippen LogP contribution in [0.25, 0.3) is 0 Å². The Hall–Kier alpha value is -1.35. The Labute approximate surface area is 118 Å². The lowest BCUT2D eigenvalue weighted by molar-refractivity contribution is 0.0173. The van der Waals surface area contributed by atoms with E-state index in [1.54, 1.807) is 18.2 Å². The molecule has 0 saturated heterocycles. The number of hydrogen-bond donors (Lipinski definition) is 2. The van der Waals surface area contributed by atoms with Crippen LogP contribution < -0.4 is 0 Å². The van der Waals surface area contributed by atoms with Gasteiger partial charge in [-0.25, -0.2) is 0 Å². The average molecular weight is 277 g/mol. The van der Waals surface area contributed by atoms with Crippen LogP contribution in [0.3, 0.4) is 0 Å². The first kappa shape index (κ1) is 14.1. The Balaban J connectivity index is 2.35. The third-order valence-corrected chi connectivity index (χ3v) is 3.95. The summed E-state index contributed by atoms with van der Waals surface area (Å²) in [5.41, 5.74) is 3.22. The summed E-state index contributed by atoms with van der Waals surface area (Å²) in [7, 11) is 0. The van der Waals surface area contributed by atoms with Crippen molar-refractivity contribution in [1.82, 2.24) is 0 Å². The van der Waals surface area contributed by atoms with Gasteiger partial charge in [-0.3, -0.25) is 0 Å². The SMILES string of the molecule is Cc1ccc(C(O)C(O)c2ccccc2)c(Cl)c1C. The van der Waals surface area contributed by atoms with Gasteiger partial charge in [-0.15, -0.1) is 0 Å². The maximum atomic E-state index is 10.3. The first-order valence-corrected chi connectivity index (χ1v) is 6.57.